The third-order valence-electron chi connectivity index (χ3n) is 11.7. The topological polar surface area (TPSA) is 146 Å². The molecule has 4 aliphatic heterocycles. The highest BCUT2D eigenvalue weighted by Gasteiger charge is 2.55. The molecule has 2 bridgehead atoms. The zero-order valence-corrected chi connectivity index (χ0v) is 32.1. The first-order chi connectivity index (χ1) is 22.7. The van der Waals surface area contributed by atoms with Crippen molar-refractivity contribution in [3.63, 3.8) is 0 Å². The molecule has 49 heavy (non-hydrogen) atoms. The van der Waals surface area contributed by atoms with E-state index in [1.165, 1.54) is 6.92 Å². The largest absolute Gasteiger partial charge is 0.489 e. The quantitative estimate of drug-likeness (QED) is 0.331. The lowest BCUT2D eigenvalue weighted by atomic mass is 9.78. The van der Waals surface area contributed by atoms with Crippen molar-refractivity contribution in [3.05, 3.63) is 11.3 Å². The fourth-order valence-electron chi connectivity index (χ4n) is 8.78. The van der Waals surface area contributed by atoms with E-state index in [4.69, 9.17) is 33.2 Å². The molecule has 0 aliphatic carbocycles. The van der Waals surface area contributed by atoms with E-state index in [0.717, 1.165) is 5.57 Å². The Labute approximate surface area is 293 Å². The maximum absolute atomic E-state index is 14.1. The minimum atomic E-state index is -1.79. The molecule has 3 fully saturated rings. The van der Waals surface area contributed by atoms with Crippen LogP contribution < -0.4 is 0 Å². The van der Waals surface area contributed by atoms with Gasteiger partial charge in [-0.2, -0.15) is 0 Å². The van der Waals surface area contributed by atoms with E-state index in [1.807, 2.05) is 60.5 Å². The predicted molar refractivity (Wildman–Crippen MR) is 182 cm³/mol. The number of rotatable bonds is 7. The third-order valence-corrected chi connectivity index (χ3v) is 11.7. The number of ether oxygens (including phenoxy) is 7. The zero-order chi connectivity index (χ0) is 36.8. The van der Waals surface area contributed by atoms with E-state index in [1.54, 1.807) is 27.9 Å². The number of carbonyl (C=O) groups excluding carboxylic acids is 1. The molecule has 3 N–H and O–H groups in total. The van der Waals surface area contributed by atoms with Gasteiger partial charge in [0.1, 0.15) is 35.3 Å². The monoisotopic (exact) mass is 699 g/mol. The smallest absolute Gasteiger partial charge is 0.311 e. The van der Waals surface area contributed by atoms with Crippen LogP contribution in [0.25, 0.3) is 0 Å². The standard InChI is InChI=1S/C37H65NO11/c1-14-26-37(10,42)31(40)22(5)29-19(2)16-36(9,49-29)32(48-34-28(39)25(38(11)12)15-20(3)45-34)23(6)30(24(7)33(41)46-26)47-27-18-35(8,43-13)17-21(4)44-27/h20-28,30-32,34,39-40,42H,14-18H2,1-13H3/t20-,21+,22-,23+,24-,25+,26+,27+,28-,30+,31-,32-,34+,35+,36-,37-/m1/s1. The molecule has 12 nitrogen and oxygen atoms in total. The normalized spacial score (nSPS) is 48.8. The van der Waals surface area contributed by atoms with Gasteiger partial charge in [0.25, 0.3) is 0 Å². The maximum atomic E-state index is 14.1. The summed E-state index contributed by atoms with van der Waals surface area (Å²) in [5.41, 5.74) is -2.41. The molecule has 4 aliphatic rings. The van der Waals surface area contributed by atoms with Gasteiger partial charge in [-0.15, -0.1) is 0 Å². The number of aliphatic hydroxyl groups is 3. The van der Waals surface area contributed by atoms with Crippen LogP contribution in [-0.2, 0) is 38.0 Å². The van der Waals surface area contributed by atoms with Gasteiger partial charge in [-0.05, 0) is 81.0 Å². The van der Waals surface area contributed by atoms with Crippen molar-refractivity contribution in [3.8, 4) is 0 Å². The van der Waals surface area contributed by atoms with E-state index in [2.05, 4.69) is 0 Å². The van der Waals surface area contributed by atoms with E-state index in [-0.39, 0.29) is 24.7 Å². The number of carbonyl (C=O) groups is 1. The highest BCUT2D eigenvalue weighted by Crippen LogP contribution is 2.47. The Kier molecular flexibility index (Phi) is 12.6. The lowest BCUT2D eigenvalue weighted by molar-refractivity contribution is -0.308. The van der Waals surface area contributed by atoms with Gasteiger partial charge in [-0.1, -0.05) is 20.8 Å². The van der Waals surface area contributed by atoms with Crippen LogP contribution in [0.5, 0.6) is 0 Å². The van der Waals surface area contributed by atoms with Crippen LogP contribution in [-0.4, -0.2) is 126 Å². The Balaban J connectivity index is 1.83. The number of likely N-dealkylation sites (N-methyl/N-ethyl adjacent to an activating group) is 1. The number of methoxy groups -OCH3 is 1. The lowest BCUT2D eigenvalue weighted by Crippen LogP contribution is -2.59. The summed E-state index contributed by atoms with van der Waals surface area (Å²) in [6.45, 7) is 18.7. The first kappa shape index (κ1) is 40.4. The summed E-state index contributed by atoms with van der Waals surface area (Å²) in [6.07, 6.45) is -4.48. The fraction of sp³-hybridized carbons (Fsp3) is 0.919. The fourth-order valence-corrected chi connectivity index (χ4v) is 8.78. The van der Waals surface area contributed by atoms with Crippen molar-refractivity contribution < 1.29 is 53.3 Å². The number of hydrogen-bond donors (Lipinski definition) is 3. The summed E-state index contributed by atoms with van der Waals surface area (Å²) < 4.78 is 45.1. The van der Waals surface area contributed by atoms with Gasteiger partial charge < -0.3 is 53.4 Å². The highest BCUT2D eigenvalue weighted by atomic mass is 16.7. The molecule has 0 amide bonds. The molecular weight excluding hydrogens is 634 g/mol. The SMILES string of the molecule is CC[C@@H]1OC(=O)[C@H](C)[C@@H](O[C@H]2C[C@@](C)(OC)C[C@H](C)O2)[C@H](C)[C@@H](O[C@@H]2O[C@H](C)C[C@H](N(C)C)[C@H]2O)[C@@]2(C)CC(C)=C(O2)[C@@H](C)[C@@H](O)[C@]1(C)O. The molecule has 0 saturated carbocycles. The van der Waals surface area contributed by atoms with Crippen LogP contribution in [0.3, 0.4) is 0 Å². The van der Waals surface area contributed by atoms with E-state index < -0.39 is 83.6 Å². The number of cyclic esters (lactones) is 1. The zero-order valence-electron chi connectivity index (χ0n) is 32.1. The van der Waals surface area contributed by atoms with Crippen LogP contribution >= 0.6 is 0 Å². The summed E-state index contributed by atoms with van der Waals surface area (Å²) in [4.78, 5) is 16.1. The summed E-state index contributed by atoms with van der Waals surface area (Å²) in [6, 6.07) is -0.209. The van der Waals surface area contributed by atoms with Gasteiger partial charge >= 0.3 is 5.97 Å². The van der Waals surface area contributed by atoms with E-state index in [9.17, 15) is 20.1 Å². The molecule has 12 heteroatoms. The summed E-state index contributed by atoms with van der Waals surface area (Å²) in [5, 5.41) is 34.9. The minimum Gasteiger partial charge on any atom is -0.489 e. The second kappa shape index (κ2) is 15.3. The Morgan fingerprint density at radius 2 is 1.61 bits per heavy atom. The van der Waals surface area contributed by atoms with Crippen LogP contribution in [0.1, 0.15) is 101 Å². The minimum absolute atomic E-state index is 0.161. The molecule has 0 aromatic rings. The van der Waals surface area contributed by atoms with Crippen LogP contribution in [0.2, 0.25) is 0 Å². The predicted octanol–water partition coefficient (Wildman–Crippen LogP) is 3.92. The number of fused-ring (bicyclic) bond motifs is 2. The molecule has 0 unspecified atom stereocenters. The van der Waals surface area contributed by atoms with Crippen molar-refractivity contribution in [2.75, 3.05) is 21.2 Å². The molecular formula is C37H65NO11. The third kappa shape index (κ3) is 8.33. The molecule has 16 atom stereocenters. The van der Waals surface area contributed by atoms with Crippen molar-refractivity contribution >= 4 is 5.97 Å². The molecule has 0 spiro atoms. The van der Waals surface area contributed by atoms with Crippen molar-refractivity contribution in [1.82, 2.24) is 4.90 Å². The van der Waals surface area contributed by atoms with Crippen molar-refractivity contribution in [1.29, 1.82) is 0 Å². The van der Waals surface area contributed by atoms with Gasteiger partial charge in [0.15, 0.2) is 12.6 Å². The Morgan fingerprint density at radius 1 is 0.959 bits per heavy atom. The molecule has 0 aromatic heterocycles. The number of hydrogen-bond acceptors (Lipinski definition) is 12. The lowest BCUT2D eigenvalue weighted by Gasteiger charge is -2.48. The molecule has 4 rings (SSSR count). The summed E-state index contributed by atoms with van der Waals surface area (Å²) in [7, 11) is 5.52. The molecule has 0 aromatic carbocycles. The summed E-state index contributed by atoms with van der Waals surface area (Å²) in [5.74, 6) is -2.07. The average Bonchev–Trinajstić information content (AvgIpc) is 3.34. The van der Waals surface area contributed by atoms with Crippen molar-refractivity contribution in [2.24, 2.45) is 17.8 Å². The van der Waals surface area contributed by atoms with Crippen LogP contribution in [0.15, 0.2) is 11.3 Å². The van der Waals surface area contributed by atoms with E-state index >= 15 is 0 Å². The second-order valence-electron chi connectivity index (χ2n) is 16.3. The van der Waals surface area contributed by atoms with Crippen LogP contribution in [0.4, 0.5) is 0 Å². The Bertz CT molecular complexity index is 1180. The Hall–Kier alpha value is -1.35. The van der Waals surface area contributed by atoms with E-state index in [0.29, 0.717) is 31.4 Å². The van der Waals surface area contributed by atoms with Crippen molar-refractivity contribution in [2.45, 2.75) is 179 Å². The molecule has 3 saturated heterocycles. The summed E-state index contributed by atoms with van der Waals surface area (Å²) >= 11 is 0. The van der Waals surface area contributed by atoms with Gasteiger partial charge in [0, 0.05) is 44.2 Å². The Morgan fingerprint density at radius 3 is 2.20 bits per heavy atom. The number of esters is 1. The van der Waals surface area contributed by atoms with Gasteiger partial charge in [-0.3, -0.25) is 4.79 Å². The van der Waals surface area contributed by atoms with Gasteiger partial charge in [0.05, 0.1) is 35.9 Å². The molecule has 4 heterocycles. The first-order valence-corrected chi connectivity index (χ1v) is 18.2. The average molecular weight is 700 g/mol. The first-order valence-electron chi connectivity index (χ1n) is 18.2. The highest BCUT2D eigenvalue weighted by molar-refractivity contribution is 5.73. The molecule has 284 valence electrons. The van der Waals surface area contributed by atoms with Gasteiger partial charge in [-0.25, -0.2) is 0 Å². The molecule has 0 radical (unpaired) electrons. The number of aliphatic hydroxyl groups excluding tert-OH is 2. The van der Waals surface area contributed by atoms with Crippen LogP contribution in [0, 0.1) is 17.8 Å². The van der Waals surface area contributed by atoms with Gasteiger partial charge in [0.2, 0.25) is 0 Å². The number of nitrogens with zero attached hydrogens (tertiary/aromatic N) is 1. The second-order valence-corrected chi connectivity index (χ2v) is 16.3. The maximum Gasteiger partial charge on any atom is 0.311 e.